The van der Waals surface area contributed by atoms with Crippen molar-refractivity contribution < 1.29 is 28.2 Å². The number of thiazole rings is 1. The van der Waals surface area contributed by atoms with Crippen molar-refractivity contribution in [2.24, 2.45) is 0 Å². The maximum Gasteiger partial charge on any atom is 0.410 e. The number of fused-ring (bicyclic) bond motifs is 1. The summed E-state index contributed by atoms with van der Waals surface area (Å²) in [5.74, 6) is -1.25. The van der Waals surface area contributed by atoms with E-state index in [0.717, 1.165) is 60.6 Å². The number of ether oxygens (including phenoxy) is 1. The zero-order chi connectivity index (χ0) is 33.9. The topological polar surface area (TPSA) is 115 Å². The van der Waals surface area contributed by atoms with E-state index in [1.165, 1.54) is 18.2 Å². The molecule has 1 heterocycles. The number of phenolic OH excluding ortho intramolecular Hbond substituents is 1. The second kappa shape index (κ2) is 17.2. The van der Waals surface area contributed by atoms with Crippen molar-refractivity contribution in [3.05, 3.63) is 98.7 Å². The molecule has 1 aliphatic carbocycles. The molecule has 48 heavy (non-hydrogen) atoms. The lowest BCUT2D eigenvalue weighted by molar-refractivity contribution is -0.134. The van der Waals surface area contributed by atoms with Crippen molar-refractivity contribution in [2.75, 3.05) is 32.7 Å². The Morgan fingerprint density at radius 2 is 1.67 bits per heavy atom. The zero-order valence-electron chi connectivity index (χ0n) is 26.9. The lowest BCUT2D eigenvalue weighted by atomic mass is 9.94. The number of phenols is 1. The van der Waals surface area contributed by atoms with E-state index in [1.807, 2.05) is 35.2 Å². The fraction of sp³-hybridized carbons (Fsp3) is 0.417. The van der Waals surface area contributed by atoms with Crippen LogP contribution >= 0.6 is 11.3 Å². The van der Waals surface area contributed by atoms with Gasteiger partial charge in [0.25, 0.3) is 0 Å². The number of nitrogens with one attached hydrogen (secondary N) is 2. The standard InChI is InChI=1S/C36H42F2N4O5S/c37-28-21-26(22-29(38)23-28)13-16-39-17-14-32(44)42(30-9-5-2-6-10-30)20-19-41(36(46)47-24-25-7-3-1-4-8-25)18-15-27-11-12-31(43)33-34(27)48-35(45)40-33/h1,3-4,7-8,11-12,21-23,30,39,43H,2,5-6,9-10,13-20,24H2,(H,40,45). The number of halogens is 2. The summed E-state index contributed by atoms with van der Waals surface area (Å²) in [5, 5.41) is 13.4. The fourth-order valence-electron chi connectivity index (χ4n) is 6.21. The van der Waals surface area contributed by atoms with Gasteiger partial charge >= 0.3 is 11.0 Å². The quantitative estimate of drug-likeness (QED) is 0.130. The minimum Gasteiger partial charge on any atom is -0.506 e. The van der Waals surface area contributed by atoms with Crippen LogP contribution in [0.2, 0.25) is 0 Å². The molecule has 1 aromatic heterocycles. The molecule has 1 saturated carbocycles. The lowest BCUT2D eigenvalue weighted by Gasteiger charge is -2.36. The van der Waals surface area contributed by atoms with Gasteiger partial charge in [-0.3, -0.25) is 9.59 Å². The number of H-pyrrole nitrogens is 1. The molecule has 3 aromatic carbocycles. The Hall–Kier alpha value is -4.29. The molecule has 0 radical (unpaired) electrons. The van der Waals surface area contributed by atoms with Gasteiger partial charge in [-0.2, -0.15) is 0 Å². The minimum atomic E-state index is -0.612. The summed E-state index contributed by atoms with van der Waals surface area (Å²) in [6.45, 7) is 1.89. The van der Waals surface area contributed by atoms with E-state index in [1.54, 1.807) is 11.0 Å². The van der Waals surface area contributed by atoms with Crippen molar-refractivity contribution in [1.82, 2.24) is 20.1 Å². The van der Waals surface area contributed by atoms with Gasteiger partial charge in [0.2, 0.25) is 5.91 Å². The van der Waals surface area contributed by atoms with Crippen LogP contribution in [-0.4, -0.2) is 70.7 Å². The summed E-state index contributed by atoms with van der Waals surface area (Å²) < 4.78 is 33.4. The third-order valence-electron chi connectivity index (χ3n) is 8.73. The normalized spacial score (nSPS) is 13.5. The Kier molecular flexibility index (Phi) is 12.6. The Bertz CT molecular complexity index is 1700. The zero-order valence-corrected chi connectivity index (χ0v) is 27.7. The second-order valence-electron chi connectivity index (χ2n) is 12.1. The monoisotopic (exact) mass is 680 g/mol. The van der Waals surface area contributed by atoms with Gasteiger partial charge < -0.3 is 29.9 Å². The highest BCUT2D eigenvalue weighted by atomic mass is 32.1. The van der Waals surface area contributed by atoms with Crippen LogP contribution in [0, 0.1) is 11.6 Å². The van der Waals surface area contributed by atoms with Gasteiger partial charge in [-0.15, -0.1) is 0 Å². The number of nitrogens with zero attached hydrogens (tertiary/aromatic N) is 2. The molecule has 0 unspecified atom stereocenters. The summed E-state index contributed by atoms with van der Waals surface area (Å²) in [6.07, 6.45) is 5.62. The second-order valence-corrected chi connectivity index (χ2v) is 13.1. The smallest absolute Gasteiger partial charge is 0.410 e. The first-order valence-electron chi connectivity index (χ1n) is 16.5. The van der Waals surface area contributed by atoms with Crippen molar-refractivity contribution in [2.45, 2.75) is 64.0 Å². The molecule has 2 amide bonds. The number of hydrogen-bond acceptors (Lipinski definition) is 7. The molecule has 256 valence electrons. The third kappa shape index (κ3) is 9.86. The van der Waals surface area contributed by atoms with Crippen LogP contribution in [-0.2, 0) is 29.0 Å². The SMILES string of the molecule is O=C(OCc1ccccc1)N(CCc1ccc(O)c2[nH]c(=O)sc12)CCN(C(=O)CCNCCc1cc(F)cc(F)c1)C1CCCCC1. The van der Waals surface area contributed by atoms with Gasteiger partial charge in [-0.05, 0) is 67.1 Å². The van der Waals surface area contributed by atoms with Gasteiger partial charge in [-0.25, -0.2) is 13.6 Å². The minimum absolute atomic E-state index is 0.00906. The summed E-state index contributed by atoms with van der Waals surface area (Å²) in [4.78, 5) is 45.0. The Balaban J connectivity index is 1.23. The van der Waals surface area contributed by atoms with Crippen molar-refractivity contribution in [3.8, 4) is 5.75 Å². The Morgan fingerprint density at radius 1 is 0.917 bits per heavy atom. The number of hydrogen-bond donors (Lipinski definition) is 3. The predicted octanol–water partition coefficient (Wildman–Crippen LogP) is 6.14. The average molecular weight is 681 g/mol. The number of aromatic hydroxyl groups is 1. The summed E-state index contributed by atoms with van der Waals surface area (Å²) in [5.41, 5.74) is 2.61. The highest BCUT2D eigenvalue weighted by molar-refractivity contribution is 7.16. The largest absolute Gasteiger partial charge is 0.506 e. The van der Waals surface area contributed by atoms with Gasteiger partial charge in [-0.1, -0.05) is 67.0 Å². The van der Waals surface area contributed by atoms with Crippen LogP contribution < -0.4 is 10.2 Å². The van der Waals surface area contributed by atoms with Crippen LogP contribution in [0.1, 0.15) is 55.2 Å². The van der Waals surface area contributed by atoms with E-state index in [-0.39, 0.29) is 48.7 Å². The molecule has 0 atom stereocenters. The molecular weight excluding hydrogens is 638 g/mol. The van der Waals surface area contributed by atoms with Gasteiger partial charge in [0.05, 0.1) is 4.70 Å². The highest BCUT2D eigenvalue weighted by Gasteiger charge is 2.27. The predicted molar refractivity (Wildman–Crippen MR) is 182 cm³/mol. The van der Waals surface area contributed by atoms with E-state index < -0.39 is 17.7 Å². The number of amides is 2. The molecule has 0 bridgehead atoms. The molecule has 1 fully saturated rings. The van der Waals surface area contributed by atoms with Crippen molar-refractivity contribution in [3.63, 3.8) is 0 Å². The number of aromatic amines is 1. The summed E-state index contributed by atoms with van der Waals surface area (Å²) in [6, 6.07) is 16.2. The molecule has 0 aliphatic heterocycles. The van der Waals surface area contributed by atoms with Crippen molar-refractivity contribution >= 4 is 33.6 Å². The van der Waals surface area contributed by atoms with E-state index in [4.69, 9.17) is 4.74 Å². The molecular formula is C36H42F2N4O5S. The number of benzene rings is 3. The fourth-order valence-corrected chi connectivity index (χ4v) is 7.11. The molecule has 0 spiro atoms. The first kappa shape index (κ1) is 35.0. The number of carbonyl (C=O) groups is 2. The Labute approximate surface area is 282 Å². The number of rotatable bonds is 15. The summed E-state index contributed by atoms with van der Waals surface area (Å²) >= 11 is 1.01. The number of aromatic nitrogens is 1. The van der Waals surface area contributed by atoms with E-state index >= 15 is 0 Å². The maximum atomic E-state index is 13.6. The molecule has 4 aromatic rings. The van der Waals surface area contributed by atoms with Crippen LogP contribution in [0.5, 0.6) is 5.75 Å². The van der Waals surface area contributed by atoms with Crippen LogP contribution in [0.4, 0.5) is 13.6 Å². The molecule has 1 aliphatic rings. The first-order valence-corrected chi connectivity index (χ1v) is 17.3. The molecule has 9 nitrogen and oxygen atoms in total. The average Bonchev–Trinajstić information content (AvgIpc) is 3.48. The molecule has 5 rings (SSSR count). The van der Waals surface area contributed by atoms with Gasteiger partial charge in [0, 0.05) is 44.7 Å². The number of carbonyl (C=O) groups excluding carboxylic acids is 2. The first-order chi connectivity index (χ1) is 23.3. The molecule has 0 saturated heterocycles. The van der Waals surface area contributed by atoms with Crippen LogP contribution in [0.15, 0.2) is 65.5 Å². The molecule has 12 heteroatoms. The van der Waals surface area contributed by atoms with Crippen molar-refractivity contribution in [1.29, 1.82) is 0 Å². The Morgan fingerprint density at radius 3 is 2.42 bits per heavy atom. The van der Waals surface area contributed by atoms with Crippen LogP contribution in [0.25, 0.3) is 10.2 Å². The lowest BCUT2D eigenvalue weighted by Crippen LogP contribution is -2.47. The highest BCUT2D eigenvalue weighted by Crippen LogP contribution is 2.28. The third-order valence-corrected chi connectivity index (χ3v) is 9.69. The molecule has 3 N–H and O–H groups in total. The van der Waals surface area contributed by atoms with E-state index in [2.05, 4.69) is 10.3 Å². The van der Waals surface area contributed by atoms with E-state index in [9.17, 15) is 28.3 Å². The van der Waals surface area contributed by atoms with E-state index in [0.29, 0.717) is 48.3 Å². The van der Waals surface area contributed by atoms with Gasteiger partial charge in [0.15, 0.2) is 0 Å². The maximum absolute atomic E-state index is 13.6. The van der Waals surface area contributed by atoms with Crippen LogP contribution in [0.3, 0.4) is 0 Å². The van der Waals surface area contributed by atoms with Gasteiger partial charge in [0.1, 0.15) is 29.5 Å². The summed E-state index contributed by atoms with van der Waals surface area (Å²) in [7, 11) is 0.